The molecule has 0 saturated heterocycles. The molecule has 0 saturated carbocycles. The molecule has 0 aliphatic rings. The van der Waals surface area contributed by atoms with Crippen LogP contribution >= 0.6 is 15.9 Å². The van der Waals surface area contributed by atoms with Gasteiger partial charge in [-0.2, -0.15) is 0 Å². The molecular formula is C10H11BrO3. The summed E-state index contributed by atoms with van der Waals surface area (Å²) in [6.07, 6.45) is 0. The summed E-state index contributed by atoms with van der Waals surface area (Å²) >= 11 is 2.89. The highest BCUT2D eigenvalue weighted by atomic mass is 79.9. The van der Waals surface area contributed by atoms with Crippen LogP contribution in [0.15, 0.2) is 12.1 Å². The Bertz CT molecular complexity index is 361. The molecule has 0 radical (unpaired) electrons. The smallest absolute Gasteiger partial charge is 0.231 e. The molecule has 0 spiro atoms. The van der Waals surface area contributed by atoms with Crippen LogP contribution in [0.4, 0.5) is 0 Å². The molecule has 0 N–H and O–H groups in total. The average molecular weight is 259 g/mol. The maximum absolute atomic E-state index is 11.2. The molecule has 0 bridgehead atoms. The van der Waals surface area contributed by atoms with Gasteiger partial charge in [-0.05, 0) is 40.5 Å². The maximum atomic E-state index is 11.2. The van der Waals surface area contributed by atoms with Crippen LogP contribution in [-0.2, 0) is 0 Å². The lowest BCUT2D eigenvalue weighted by molar-refractivity contribution is 0.109. The summed E-state index contributed by atoms with van der Waals surface area (Å²) in [6, 6.07) is 3.43. The highest BCUT2D eigenvalue weighted by Crippen LogP contribution is 2.29. The summed E-state index contributed by atoms with van der Waals surface area (Å²) in [5.74, 6) is 1.22. The van der Waals surface area contributed by atoms with Crippen LogP contribution in [0.5, 0.6) is 11.5 Å². The first-order valence-corrected chi connectivity index (χ1v) is 4.82. The van der Waals surface area contributed by atoms with Crippen molar-refractivity contribution in [1.82, 2.24) is 0 Å². The van der Waals surface area contributed by atoms with Crippen molar-refractivity contribution in [3.8, 4) is 11.5 Å². The van der Waals surface area contributed by atoms with Crippen LogP contribution < -0.4 is 9.47 Å². The molecule has 0 aliphatic carbocycles. The van der Waals surface area contributed by atoms with Gasteiger partial charge in [0.1, 0.15) is 11.5 Å². The Morgan fingerprint density at radius 3 is 2.21 bits per heavy atom. The number of benzene rings is 1. The fourth-order valence-electron chi connectivity index (χ4n) is 1.20. The molecule has 0 amide bonds. The van der Waals surface area contributed by atoms with E-state index in [-0.39, 0.29) is 4.69 Å². The van der Waals surface area contributed by atoms with Gasteiger partial charge in [0.15, 0.2) is 0 Å². The van der Waals surface area contributed by atoms with Crippen molar-refractivity contribution in [2.45, 2.75) is 6.92 Å². The Hall–Kier alpha value is -1.03. The summed E-state index contributed by atoms with van der Waals surface area (Å²) in [5.41, 5.74) is 1.40. The molecule has 0 heterocycles. The molecule has 1 aromatic rings. The summed E-state index contributed by atoms with van der Waals surface area (Å²) in [7, 11) is 3.10. The molecular weight excluding hydrogens is 248 g/mol. The number of hydrogen-bond acceptors (Lipinski definition) is 3. The fraction of sp³-hybridized carbons (Fsp3) is 0.300. The van der Waals surface area contributed by atoms with Gasteiger partial charge in [0.05, 0.1) is 19.8 Å². The second-order valence-electron chi connectivity index (χ2n) is 2.80. The van der Waals surface area contributed by atoms with Crippen LogP contribution in [0.25, 0.3) is 0 Å². The molecule has 0 atom stereocenters. The van der Waals surface area contributed by atoms with Crippen molar-refractivity contribution >= 4 is 20.6 Å². The lowest BCUT2D eigenvalue weighted by Crippen LogP contribution is -1.98. The second kappa shape index (κ2) is 4.46. The van der Waals surface area contributed by atoms with E-state index in [9.17, 15) is 4.79 Å². The minimum absolute atomic E-state index is 0.215. The third-order valence-corrected chi connectivity index (χ3v) is 2.36. The van der Waals surface area contributed by atoms with Gasteiger partial charge in [-0.25, -0.2) is 0 Å². The van der Waals surface area contributed by atoms with Crippen LogP contribution in [0, 0.1) is 6.92 Å². The first kappa shape index (κ1) is 11.0. The Morgan fingerprint density at radius 1 is 1.21 bits per heavy atom. The third-order valence-electron chi connectivity index (χ3n) is 1.93. The predicted molar refractivity (Wildman–Crippen MR) is 57.5 cm³/mol. The van der Waals surface area contributed by atoms with E-state index in [2.05, 4.69) is 15.9 Å². The number of halogens is 1. The summed E-state index contributed by atoms with van der Waals surface area (Å²) < 4.78 is 9.97. The van der Waals surface area contributed by atoms with Crippen LogP contribution in [0.2, 0.25) is 0 Å². The summed E-state index contributed by atoms with van der Waals surface area (Å²) in [5, 5.41) is 0. The van der Waals surface area contributed by atoms with Gasteiger partial charge >= 0.3 is 0 Å². The Kier molecular flexibility index (Phi) is 3.52. The van der Waals surface area contributed by atoms with Crippen molar-refractivity contribution in [2.24, 2.45) is 0 Å². The number of methoxy groups -OCH3 is 2. The van der Waals surface area contributed by atoms with Crippen LogP contribution in [0.1, 0.15) is 15.9 Å². The van der Waals surface area contributed by atoms with E-state index in [4.69, 9.17) is 9.47 Å². The molecule has 76 valence electrons. The van der Waals surface area contributed by atoms with Gasteiger partial charge < -0.3 is 9.47 Å². The lowest BCUT2D eigenvalue weighted by atomic mass is 10.1. The molecule has 3 nitrogen and oxygen atoms in total. The molecule has 14 heavy (non-hydrogen) atoms. The standard InChI is InChI=1S/C10H11BrO3/c1-6-4-9(14-3)7(10(11)12)5-8(6)13-2/h4-5H,1-3H3. The van der Waals surface area contributed by atoms with E-state index in [1.807, 2.05) is 6.92 Å². The number of hydrogen-bond donors (Lipinski definition) is 0. The monoisotopic (exact) mass is 258 g/mol. The predicted octanol–water partition coefficient (Wildman–Crippen LogP) is 2.55. The number of aryl methyl sites for hydroxylation is 1. The van der Waals surface area contributed by atoms with Crippen molar-refractivity contribution in [2.75, 3.05) is 14.2 Å². The number of carbonyl (C=O) groups is 1. The van der Waals surface area contributed by atoms with Crippen molar-refractivity contribution < 1.29 is 14.3 Å². The Morgan fingerprint density at radius 2 is 1.79 bits per heavy atom. The Balaban J connectivity index is 3.32. The second-order valence-corrected chi connectivity index (χ2v) is 3.52. The van der Waals surface area contributed by atoms with Gasteiger partial charge in [0.25, 0.3) is 0 Å². The first-order valence-electron chi connectivity index (χ1n) is 4.02. The highest BCUT2D eigenvalue weighted by Gasteiger charge is 2.12. The van der Waals surface area contributed by atoms with Crippen molar-refractivity contribution in [3.05, 3.63) is 23.3 Å². The zero-order valence-corrected chi connectivity index (χ0v) is 9.84. The molecule has 1 aromatic carbocycles. The van der Waals surface area contributed by atoms with E-state index in [1.54, 1.807) is 19.2 Å². The van der Waals surface area contributed by atoms with E-state index >= 15 is 0 Å². The van der Waals surface area contributed by atoms with Gasteiger partial charge in [-0.3, -0.25) is 4.79 Å². The number of carbonyl (C=O) groups excluding carboxylic acids is 1. The molecule has 0 fully saturated rings. The fourth-order valence-corrected chi connectivity index (χ4v) is 1.51. The maximum Gasteiger partial charge on any atom is 0.231 e. The quantitative estimate of drug-likeness (QED) is 0.782. The van der Waals surface area contributed by atoms with E-state index in [0.717, 1.165) is 5.56 Å². The SMILES string of the molecule is COc1cc(C(=O)Br)c(OC)cc1C. The molecule has 0 aliphatic heterocycles. The minimum atomic E-state index is -0.215. The molecule has 0 aromatic heterocycles. The largest absolute Gasteiger partial charge is 0.496 e. The molecule has 1 rings (SSSR count). The molecule has 4 heteroatoms. The zero-order valence-electron chi connectivity index (χ0n) is 8.26. The van der Waals surface area contributed by atoms with Crippen LogP contribution in [-0.4, -0.2) is 18.9 Å². The first-order chi connectivity index (χ1) is 6.60. The number of rotatable bonds is 3. The van der Waals surface area contributed by atoms with Crippen LogP contribution in [0.3, 0.4) is 0 Å². The minimum Gasteiger partial charge on any atom is -0.496 e. The van der Waals surface area contributed by atoms with Crippen molar-refractivity contribution in [1.29, 1.82) is 0 Å². The molecule has 0 unspecified atom stereocenters. The van der Waals surface area contributed by atoms with E-state index in [1.165, 1.54) is 7.11 Å². The average Bonchev–Trinajstić information content (AvgIpc) is 2.16. The van der Waals surface area contributed by atoms with Crippen molar-refractivity contribution in [3.63, 3.8) is 0 Å². The normalized spacial score (nSPS) is 9.71. The van der Waals surface area contributed by atoms with Gasteiger partial charge in [-0.1, -0.05) is 0 Å². The van der Waals surface area contributed by atoms with E-state index in [0.29, 0.717) is 17.1 Å². The summed E-state index contributed by atoms with van der Waals surface area (Å²) in [6.45, 7) is 1.89. The van der Waals surface area contributed by atoms with Gasteiger partial charge in [0.2, 0.25) is 4.69 Å². The van der Waals surface area contributed by atoms with E-state index < -0.39 is 0 Å². The summed E-state index contributed by atoms with van der Waals surface area (Å²) in [4.78, 5) is 11.2. The lowest BCUT2D eigenvalue weighted by Gasteiger charge is -2.10. The number of ether oxygens (including phenoxy) is 2. The topological polar surface area (TPSA) is 35.5 Å². The van der Waals surface area contributed by atoms with Gasteiger partial charge in [-0.15, -0.1) is 0 Å². The zero-order chi connectivity index (χ0) is 10.7. The Labute approximate surface area is 91.1 Å². The highest BCUT2D eigenvalue weighted by molar-refractivity contribution is 9.18. The third kappa shape index (κ3) is 2.07. The van der Waals surface area contributed by atoms with Gasteiger partial charge in [0, 0.05) is 0 Å².